The molecule has 3 aromatic rings. The molecular weight excluding hydrogens is 704 g/mol. The molecule has 4 aliphatic heterocycles. The lowest BCUT2D eigenvalue weighted by atomic mass is 9.68. The van der Waals surface area contributed by atoms with E-state index >= 15 is 0 Å². The molecule has 0 amide bonds. The Labute approximate surface area is 318 Å². The van der Waals surface area contributed by atoms with Gasteiger partial charge in [0.1, 0.15) is 52.3 Å². The van der Waals surface area contributed by atoms with E-state index in [4.69, 9.17) is 25.4 Å². The van der Waals surface area contributed by atoms with Crippen LogP contribution in [0.25, 0.3) is 11.0 Å². The van der Waals surface area contributed by atoms with Gasteiger partial charge >= 0.3 is 5.97 Å². The van der Waals surface area contributed by atoms with Gasteiger partial charge in [0.15, 0.2) is 5.43 Å². The van der Waals surface area contributed by atoms with Gasteiger partial charge in [0.25, 0.3) is 0 Å². The first-order valence-corrected chi connectivity index (χ1v) is 18.6. The minimum absolute atomic E-state index is 0.00802. The number of phenols is 2. The van der Waals surface area contributed by atoms with E-state index in [-0.39, 0.29) is 52.3 Å². The number of carbonyl (C=O) groups is 1. The summed E-state index contributed by atoms with van der Waals surface area (Å²) in [5.74, 6) is -2.26. The number of rotatable bonds is 8. The van der Waals surface area contributed by atoms with Crippen LogP contribution in [-0.4, -0.2) is 57.4 Å². The van der Waals surface area contributed by atoms with Gasteiger partial charge in [-0.15, -0.1) is 0 Å². The van der Waals surface area contributed by atoms with Crippen LogP contribution in [0.1, 0.15) is 74.3 Å². The highest BCUT2D eigenvalue weighted by molar-refractivity contribution is 5.92. The number of esters is 1. The summed E-state index contributed by atoms with van der Waals surface area (Å²) < 4.78 is 19.9. The number of fused-ring (bicyclic) bond motifs is 4. The van der Waals surface area contributed by atoms with Gasteiger partial charge in [-0.3, -0.25) is 4.79 Å². The summed E-state index contributed by atoms with van der Waals surface area (Å²) >= 11 is 0. The fourth-order valence-corrected chi connectivity index (χ4v) is 8.50. The zero-order chi connectivity index (χ0) is 39.2. The normalized spacial score (nSPS) is 25.5. The monoisotopic (exact) mass is 752 g/mol. The maximum Gasteiger partial charge on any atom is 0.333 e. The lowest BCUT2D eigenvalue weighted by Gasteiger charge is -2.49. The average molecular weight is 753 g/mol. The molecule has 1 aromatic heterocycles. The van der Waals surface area contributed by atoms with Crippen molar-refractivity contribution in [3.63, 3.8) is 0 Å². The smallest absolute Gasteiger partial charge is 0.333 e. The first kappa shape index (κ1) is 37.8. The predicted octanol–water partition coefficient (Wildman–Crippen LogP) is 3.96. The second-order valence-corrected chi connectivity index (χ2v) is 14.9. The standard InChI is InChI=1S/C42H48N4O9/c1-4-21(2)41(52)54-32-17-29-37(51)35-31(50)16-26(19-47)53-39(35)36-34(30(20-48)23-6-5-7-25(49)15-23)27-12-13-45-40(44)28(27)10-9-24(42(32,3)55-38(29)36)14-22-8-11-33(43)46-18-22/h4-8,11-12,15-16,18,24,30,32-34,45-49,51H,9-10,13-14,17,19-20,43-44H2,1-3H3. The quantitative estimate of drug-likeness (QED) is 0.121. The summed E-state index contributed by atoms with van der Waals surface area (Å²) in [4.78, 5) is 27.5. The number of dihydropyridines is 2. The molecule has 13 heteroatoms. The van der Waals surface area contributed by atoms with Crippen LogP contribution in [0.3, 0.4) is 0 Å². The number of aliphatic hydroxyl groups is 2. The van der Waals surface area contributed by atoms with E-state index in [0.717, 1.165) is 22.8 Å². The Balaban J connectivity index is 1.58. The number of hydrogen-bond donors (Lipinski definition) is 8. The lowest BCUT2D eigenvalue weighted by molar-refractivity contribution is -0.165. The number of nitrogens with two attached hydrogens (primary N) is 2. The summed E-state index contributed by atoms with van der Waals surface area (Å²) in [7, 11) is 0. The van der Waals surface area contributed by atoms with Gasteiger partial charge in [0.05, 0.1) is 18.6 Å². The average Bonchev–Trinajstić information content (AvgIpc) is 3.16. The van der Waals surface area contributed by atoms with Gasteiger partial charge in [0, 0.05) is 59.7 Å². The molecule has 5 heterocycles. The molecule has 10 N–H and O–H groups in total. The summed E-state index contributed by atoms with van der Waals surface area (Å²) in [6.45, 7) is 4.64. The summed E-state index contributed by atoms with van der Waals surface area (Å²) in [6.07, 6.45) is 9.44. The van der Waals surface area contributed by atoms with Gasteiger partial charge in [-0.2, -0.15) is 0 Å². The van der Waals surface area contributed by atoms with Crippen LogP contribution in [0.15, 0.2) is 98.2 Å². The maximum atomic E-state index is 13.9. The predicted molar refractivity (Wildman–Crippen MR) is 206 cm³/mol. The third-order valence-corrected chi connectivity index (χ3v) is 11.6. The highest BCUT2D eigenvalue weighted by atomic mass is 16.6. The van der Waals surface area contributed by atoms with E-state index in [1.165, 1.54) is 6.07 Å². The highest BCUT2D eigenvalue weighted by Crippen LogP contribution is 2.57. The molecular formula is C42H48N4O9. The second kappa shape index (κ2) is 15.0. The molecule has 0 spiro atoms. The maximum absolute atomic E-state index is 13.9. The number of nitrogens with one attached hydrogen (secondary N) is 2. The number of allylic oxidation sites excluding steroid dienone is 5. The van der Waals surface area contributed by atoms with Crippen LogP contribution < -0.4 is 32.3 Å². The highest BCUT2D eigenvalue weighted by Gasteiger charge is 2.53. The van der Waals surface area contributed by atoms with E-state index < -0.39 is 53.9 Å². The molecule has 7 rings (SSSR count). The Hall–Kier alpha value is -5.50. The lowest BCUT2D eigenvalue weighted by Crippen LogP contribution is -2.56. The van der Waals surface area contributed by atoms with Crippen LogP contribution in [0.4, 0.5) is 0 Å². The fraction of sp³-hybridized carbons (Fsp3) is 0.381. The number of aliphatic hydroxyl groups excluding tert-OH is 2. The van der Waals surface area contributed by atoms with Crippen molar-refractivity contribution >= 4 is 16.9 Å². The van der Waals surface area contributed by atoms with Crippen LogP contribution in [0.5, 0.6) is 17.2 Å². The molecule has 0 aliphatic carbocycles. The Morgan fingerprint density at radius 3 is 2.71 bits per heavy atom. The van der Waals surface area contributed by atoms with Gasteiger partial charge in [-0.1, -0.05) is 30.4 Å². The SMILES string of the molecule is CC=C(C)C(=O)OC1Cc2c3c(c4oc(CO)cc(=O)c4c2O)C(C(CO)c2cccc(O)c2)C2=CCNC(N)=C2CCC(CC2=CNC(N)C=C2)C1(C)O3. The summed E-state index contributed by atoms with van der Waals surface area (Å²) in [5.41, 5.74) is 15.0. The van der Waals surface area contributed by atoms with Gasteiger partial charge < -0.3 is 56.4 Å². The molecule has 290 valence electrons. The van der Waals surface area contributed by atoms with Crippen LogP contribution >= 0.6 is 0 Å². The van der Waals surface area contributed by atoms with E-state index in [1.807, 2.05) is 31.4 Å². The van der Waals surface area contributed by atoms with Gasteiger partial charge in [-0.25, -0.2) is 4.79 Å². The molecule has 55 heavy (non-hydrogen) atoms. The Morgan fingerprint density at radius 2 is 2.02 bits per heavy atom. The van der Waals surface area contributed by atoms with E-state index in [2.05, 4.69) is 10.6 Å². The minimum Gasteiger partial charge on any atom is -0.508 e. The van der Waals surface area contributed by atoms with E-state index in [9.17, 15) is 30.0 Å². The van der Waals surface area contributed by atoms with Crippen molar-refractivity contribution in [2.45, 2.75) is 82.8 Å². The number of hydrogen-bond acceptors (Lipinski definition) is 13. The van der Waals surface area contributed by atoms with Crippen molar-refractivity contribution in [3.05, 3.63) is 122 Å². The molecule has 0 saturated carbocycles. The Kier molecular flexibility index (Phi) is 10.3. The topological polar surface area (TPSA) is 223 Å². The molecule has 13 nitrogen and oxygen atoms in total. The van der Waals surface area contributed by atoms with Crippen molar-refractivity contribution in [1.82, 2.24) is 10.6 Å². The van der Waals surface area contributed by atoms with Crippen molar-refractivity contribution < 1.29 is 39.1 Å². The molecule has 2 aromatic carbocycles. The number of carbonyl (C=O) groups excluding carboxylic acids is 1. The van der Waals surface area contributed by atoms with Gasteiger partial charge in [-0.05, 0) is 80.5 Å². The number of benzene rings is 2. The summed E-state index contributed by atoms with van der Waals surface area (Å²) in [5, 5.41) is 50.6. The molecule has 2 bridgehead atoms. The minimum atomic E-state index is -1.25. The zero-order valence-electron chi connectivity index (χ0n) is 31.1. The van der Waals surface area contributed by atoms with Crippen molar-refractivity contribution in [2.75, 3.05) is 13.2 Å². The number of ether oxygens (including phenoxy) is 2. The summed E-state index contributed by atoms with van der Waals surface area (Å²) in [6, 6.07) is 7.72. The largest absolute Gasteiger partial charge is 0.508 e. The van der Waals surface area contributed by atoms with E-state index in [1.54, 1.807) is 38.1 Å². The third-order valence-electron chi connectivity index (χ3n) is 11.6. The zero-order valence-corrected chi connectivity index (χ0v) is 31.1. The van der Waals surface area contributed by atoms with Crippen molar-refractivity contribution in [1.29, 1.82) is 0 Å². The van der Waals surface area contributed by atoms with E-state index in [0.29, 0.717) is 48.3 Å². The van der Waals surface area contributed by atoms with Crippen LogP contribution in [-0.2, 0) is 22.6 Å². The molecule has 6 atom stereocenters. The molecule has 6 unspecified atom stereocenters. The van der Waals surface area contributed by atoms with Crippen LogP contribution in [0.2, 0.25) is 0 Å². The first-order chi connectivity index (χ1) is 26.4. The van der Waals surface area contributed by atoms with Crippen LogP contribution in [0, 0.1) is 5.92 Å². The third kappa shape index (κ3) is 6.77. The molecule has 0 fully saturated rings. The van der Waals surface area contributed by atoms with Crippen molar-refractivity contribution in [3.8, 4) is 17.2 Å². The second-order valence-electron chi connectivity index (χ2n) is 14.9. The molecule has 0 radical (unpaired) electrons. The first-order valence-electron chi connectivity index (χ1n) is 18.6. The fourth-order valence-electron chi connectivity index (χ4n) is 8.50. The van der Waals surface area contributed by atoms with Crippen molar-refractivity contribution in [2.24, 2.45) is 17.4 Å². The molecule has 0 saturated heterocycles. The Morgan fingerprint density at radius 1 is 1.22 bits per heavy atom. The number of aromatic hydroxyl groups is 2. The number of phenolic OH excluding ortho intramolecular Hbond substituents is 2. The van der Waals surface area contributed by atoms with Gasteiger partial charge in [0.2, 0.25) is 0 Å². The Bertz CT molecular complexity index is 2250. The molecule has 4 aliphatic rings.